The highest BCUT2D eigenvalue weighted by atomic mass is 32.2. The highest BCUT2D eigenvalue weighted by Gasteiger charge is 2.30. The Morgan fingerprint density at radius 3 is 2.55 bits per heavy atom. The number of hydrogen-bond donors (Lipinski definition) is 1. The third-order valence-electron chi connectivity index (χ3n) is 2.81. The number of nitrogens with one attached hydrogen (secondary N) is 1. The third kappa shape index (κ3) is 1.73. The minimum atomic E-state index is 0.799. The lowest BCUT2D eigenvalue weighted by atomic mass is 10.1. The number of hydrogen-bond acceptors (Lipinski definition) is 2. The van der Waals surface area contributed by atoms with E-state index in [1.54, 1.807) is 0 Å². The molecule has 0 aromatic rings. The second-order valence-corrected chi connectivity index (χ2v) is 5.40. The summed E-state index contributed by atoms with van der Waals surface area (Å²) < 4.78 is 0. The molecule has 0 spiro atoms. The van der Waals surface area contributed by atoms with Crippen molar-refractivity contribution in [3.63, 3.8) is 0 Å². The van der Waals surface area contributed by atoms with Gasteiger partial charge >= 0.3 is 0 Å². The van der Waals surface area contributed by atoms with Crippen LogP contribution in [0.25, 0.3) is 0 Å². The maximum atomic E-state index is 3.61. The highest BCUT2D eigenvalue weighted by molar-refractivity contribution is 8.00. The van der Waals surface area contributed by atoms with Gasteiger partial charge in [-0.25, -0.2) is 0 Å². The molecule has 1 saturated carbocycles. The van der Waals surface area contributed by atoms with Crippen LogP contribution in [-0.2, 0) is 0 Å². The molecule has 2 fully saturated rings. The van der Waals surface area contributed by atoms with Gasteiger partial charge in [0.25, 0.3) is 0 Å². The lowest BCUT2D eigenvalue weighted by Crippen LogP contribution is -2.26. The van der Waals surface area contributed by atoms with Gasteiger partial charge in [0.05, 0.1) is 5.37 Å². The van der Waals surface area contributed by atoms with Gasteiger partial charge in [-0.1, -0.05) is 19.8 Å². The van der Waals surface area contributed by atoms with Crippen LogP contribution in [0.5, 0.6) is 0 Å². The van der Waals surface area contributed by atoms with E-state index in [1.807, 2.05) is 0 Å². The lowest BCUT2D eigenvalue weighted by molar-refractivity contribution is 0.475. The molecule has 0 aromatic heterocycles. The Bertz CT molecular complexity index is 132. The molecular formula is C9H17NS. The van der Waals surface area contributed by atoms with E-state index in [2.05, 4.69) is 24.0 Å². The molecule has 1 nitrogen and oxygen atoms in total. The molecular weight excluding hydrogens is 154 g/mol. The van der Waals surface area contributed by atoms with Gasteiger partial charge in [-0.05, 0) is 18.8 Å². The third-order valence-corrected chi connectivity index (χ3v) is 4.29. The molecule has 1 aliphatic carbocycles. The minimum Gasteiger partial charge on any atom is -0.304 e. The predicted molar refractivity (Wildman–Crippen MR) is 50.8 cm³/mol. The van der Waals surface area contributed by atoms with E-state index in [-0.39, 0.29) is 0 Å². The van der Waals surface area contributed by atoms with E-state index >= 15 is 0 Å². The predicted octanol–water partition coefficient (Wildman–Crippen LogP) is 2.23. The second-order valence-electron chi connectivity index (χ2n) is 3.82. The average molecular weight is 171 g/mol. The Balaban J connectivity index is 1.85. The first kappa shape index (κ1) is 7.93. The topological polar surface area (TPSA) is 12.0 Å². The molecule has 0 radical (unpaired) electrons. The van der Waals surface area contributed by atoms with Crippen molar-refractivity contribution in [3.05, 3.63) is 0 Å². The summed E-state index contributed by atoms with van der Waals surface area (Å²) in [6.45, 7) is 3.55. The second kappa shape index (κ2) is 3.36. The smallest absolute Gasteiger partial charge is 0.0564 e. The van der Waals surface area contributed by atoms with Crippen LogP contribution < -0.4 is 5.32 Å². The van der Waals surface area contributed by atoms with Crippen LogP contribution in [0, 0.1) is 5.92 Å². The van der Waals surface area contributed by atoms with Gasteiger partial charge in [-0.3, -0.25) is 0 Å². The maximum absolute atomic E-state index is 3.61. The zero-order valence-electron chi connectivity index (χ0n) is 7.18. The molecule has 0 amide bonds. The fraction of sp³-hybridized carbons (Fsp3) is 1.00. The van der Waals surface area contributed by atoms with Crippen LogP contribution in [0.1, 0.15) is 32.6 Å². The molecule has 2 heteroatoms. The molecule has 0 aromatic carbocycles. The summed E-state index contributed by atoms with van der Waals surface area (Å²) in [5, 5.41) is 5.26. The molecule has 1 saturated heterocycles. The molecule has 2 unspecified atom stereocenters. The summed E-state index contributed by atoms with van der Waals surface area (Å²) in [5.41, 5.74) is 0. The Labute approximate surface area is 73.3 Å². The van der Waals surface area contributed by atoms with Crippen LogP contribution in [-0.4, -0.2) is 17.2 Å². The maximum Gasteiger partial charge on any atom is 0.0564 e. The normalized spacial score (nSPS) is 40.1. The van der Waals surface area contributed by atoms with Crippen molar-refractivity contribution in [2.75, 3.05) is 6.54 Å². The molecule has 2 rings (SSSR count). The Kier molecular flexibility index (Phi) is 2.42. The van der Waals surface area contributed by atoms with Crippen LogP contribution >= 0.6 is 11.8 Å². The standard InChI is InChI=1S/C9H17NS/c1-7-6-10-9(11-7)8-4-2-3-5-8/h7-10H,2-6H2,1H3. The average Bonchev–Trinajstić information content (AvgIpc) is 2.55. The quantitative estimate of drug-likeness (QED) is 0.649. The zero-order valence-corrected chi connectivity index (χ0v) is 7.99. The summed E-state index contributed by atoms with van der Waals surface area (Å²) in [6, 6.07) is 0. The van der Waals surface area contributed by atoms with Crippen LogP contribution in [0.3, 0.4) is 0 Å². The summed E-state index contributed by atoms with van der Waals surface area (Å²) in [4.78, 5) is 0. The Morgan fingerprint density at radius 1 is 1.27 bits per heavy atom. The molecule has 11 heavy (non-hydrogen) atoms. The number of thioether (sulfide) groups is 1. The number of rotatable bonds is 1. The summed E-state index contributed by atoms with van der Waals surface area (Å²) in [7, 11) is 0. The molecule has 1 aliphatic heterocycles. The van der Waals surface area contributed by atoms with E-state index in [4.69, 9.17) is 0 Å². The monoisotopic (exact) mass is 171 g/mol. The summed E-state index contributed by atoms with van der Waals surface area (Å²) in [6.07, 6.45) is 5.88. The largest absolute Gasteiger partial charge is 0.304 e. The van der Waals surface area contributed by atoms with Crippen LogP contribution in [0.2, 0.25) is 0 Å². The van der Waals surface area contributed by atoms with Crippen LogP contribution in [0.15, 0.2) is 0 Å². The lowest BCUT2D eigenvalue weighted by Gasteiger charge is -2.16. The molecule has 1 heterocycles. The Morgan fingerprint density at radius 2 is 2.00 bits per heavy atom. The molecule has 2 atom stereocenters. The molecule has 1 N–H and O–H groups in total. The van der Waals surface area contributed by atoms with Gasteiger partial charge in [0.1, 0.15) is 0 Å². The van der Waals surface area contributed by atoms with Crippen molar-refractivity contribution in [3.8, 4) is 0 Å². The van der Waals surface area contributed by atoms with Gasteiger partial charge in [0.15, 0.2) is 0 Å². The van der Waals surface area contributed by atoms with Gasteiger partial charge in [-0.2, -0.15) is 0 Å². The molecule has 0 bridgehead atoms. The fourth-order valence-electron chi connectivity index (χ4n) is 2.17. The van der Waals surface area contributed by atoms with Gasteiger partial charge in [0.2, 0.25) is 0 Å². The van der Waals surface area contributed by atoms with E-state index in [0.717, 1.165) is 16.5 Å². The van der Waals surface area contributed by atoms with Crippen molar-refractivity contribution in [1.29, 1.82) is 0 Å². The molecule has 2 aliphatic rings. The first-order chi connectivity index (χ1) is 5.36. The van der Waals surface area contributed by atoms with Crippen molar-refractivity contribution >= 4 is 11.8 Å². The highest BCUT2D eigenvalue weighted by Crippen LogP contribution is 2.36. The zero-order chi connectivity index (χ0) is 7.68. The minimum absolute atomic E-state index is 0.799. The van der Waals surface area contributed by atoms with Crippen molar-refractivity contribution < 1.29 is 0 Å². The van der Waals surface area contributed by atoms with E-state index < -0.39 is 0 Å². The van der Waals surface area contributed by atoms with Crippen LogP contribution in [0.4, 0.5) is 0 Å². The SMILES string of the molecule is CC1CNC(C2CCCC2)S1. The van der Waals surface area contributed by atoms with E-state index in [0.29, 0.717) is 0 Å². The van der Waals surface area contributed by atoms with Gasteiger partial charge in [0, 0.05) is 11.8 Å². The summed E-state index contributed by atoms with van der Waals surface area (Å²) >= 11 is 2.15. The summed E-state index contributed by atoms with van der Waals surface area (Å²) in [5.74, 6) is 0.991. The van der Waals surface area contributed by atoms with Gasteiger partial charge < -0.3 is 5.32 Å². The van der Waals surface area contributed by atoms with Gasteiger partial charge in [-0.15, -0.1) is 11.8 Å². The van der Waals surface area contributed by atoms with E-state index in [1.165, 1.54) is 32.2 Å². The van der Waals surface area contributed by atoms with Crippen molar-refractivity contribution in [2.45, 2.75) is 43.2 Å². The first-order valence-corrected chi connectivity index (χ1v) is 5.69. The van der Waals surface area contributed by atoms with Crippen molar-refractivity contribution in [1.82, 2.24) is 5.32 Å². The fourth-order valence-corrected chi connectivity index (χ4v) is 3.55. The van der Waals surface area contributed by atoms with E-state index in [9.17, 15) is 0 Å². The molecule has 64 valence electrons. The Hall–Kier alpha value is 0.310. The first-order valence-electron chi connectivity index (χ1n) is 4.75. The van der Waals surface area contributed by atoms with Crippen molar-refractivity contribution in [2.24, 2.45) is 5.92 Å².